The largest absolute Gasteiger partial charge is 0.317 e. The van der Waals surface area contributed by atoms with Crippen LogP contribution in [-0.2, 0) is 0 Å². The van der Waals surface area contributed by atoms with Crippen LogP contribution in [0.5, 0.6) is 0 Å². The molecule has 1 aliphatic rings. The van der Waals surface area contributed by atoms with Gasteiger partial charge in [0.15, 0.2) is 5.16 Å². The van der Waals surface area contributed by atoms with Crippen molar-refractivity contribution in [1.29, 1.82) is 0 Å². The lowest BCUT2D eigenvalue weighted by Gasteiger charge is -2.21. The van der Waals surface area contributed by atoms with Crippen LogP contribution in [0.15, 0.2) is 22.2 Å². The lowest BCUT2D eigenvalue weighted by atomic mass is 10.0. The van der Waals surface area contributed by atoms with E-state index in [4.69, 9.17) is 0 Å². The van der Waals surface area contributed by atoms with Crippen molar-refractivity contribution in [3.63, 3.8) is 0 Å². The first-order valence-electron chi connectivity index (χ1n) is 5.23. The molecule has 1 saturated heterocycles. The summed E-state index contributed by atoms with van der Waals surface area (Å²) in [6.45, 7) is 2.23. The number of rotatable bonds is 3. The zero-order valence-corrected chi connectivity index (χ0v) is 9.35. The predicted octanol–water partition coefficient (Wildman–Crippen LogP) is 0.862. The zero-order valence-electron chi connectivity index (χ0n) is 8.53. The van der Waals surface area contributed by atoms with E-state index in [0.29, 0.717) is 0 Å². The molecule has 0 aliphatic carbocycles. The second-order valence-electron chi connectivity index (χ2n) is 3.74. The van der Waals surface area contributed by atoms with Crippen molar-refractivity contribution in [2.24, 2.45) is 5.92 Å². The van der Waals surface area contributed by atoms with Crippen LogP contribution in [0.1, 0.15) is 12.8 Å². The van der Waals surface area contributed by atoms with Gasteiger partial charge < -0.3 is 10.3 Å². The Hall–Kier alpha value is -0.810. The molecule has 5 heteroatoms. The van der Waals surface area contributed by atoms with Crippen molar-refractivity contribution in [2.45, 2.75) is 18.0 Å². The summed E-state index contributed by atoms with van der Waals surface area (Å²) in [6.07, 6.45) is 4.01. The summed E-state index contributed by atoms with van der Waals surface area (Å²) in [5.74, 6) is 1.80. The molecule has 0 radical (unpaired) electrons. The van der Waals surface area contributed by atoms with Gasteiger partial charge in [-0.15, -0.1) is 0 Å². The molecular formula is C10H15N3OS. The molecular weight excluding hydrogens is 210 g/mol. The number of nitrogens with zero attached hydrogens (tertiary/aromatic N) is 1. The lowest BCUT2D eigenvalue weighted by Crippen LogP contribution is -2.28. The number of aromatic nitrogens is 2. The van der Waals surface area contributed by atoms with Crippen molar-refractivity contribution in [2.75, 3.05) is 18.8 Å². The molecule has 1 aromatic heterocycles. The van der Waals surface area contributed by atoms with Gasteiger partial charge in [-0.1, -0.05) is 11.8 Å². The second-order valence-corrected chi connectivity index (χ2v) is 4.75. The highest BCUT2D eigenvalue weighted by molar-refractivity contribution is 7.99. The number of piperidine rings is 1. The van der Waals surface area contributed by atoms with Crippen LogP contribution in [-0.4, -0.2) is 28.8 Å². The third-order valence-electron chi connectivity index (χ3n) is 2.56. The number of nitrogens with one attached hydrogen (secondary N) is 2. The Morgan fingerprint density at radius 2 is 2.27 bits per heavy atom. The first kappa shape index (κ1) is 10.7. The third kappa shape index (κ3) is 3.35. The van der Waals surface area contributed by atoms with E-state index in [1.54, 1.807) is 18.0 Å². The molecule has 0 unspecified atom stereocenters. The molecule has 0 saturated carbocycles. The molecule has 0 atom stereocenters. The molecule has 82 valence electrons. The Morgan fingerprint density at radius 3 is 3.00 bits per heavy atom. The van der Waals surface area contributed by atoms with Crippen molar-refractivity contribution in [1.82, 2.24) is 15.3 Å². The van der Waals surface area contributed by atoms with Gasteiger partial charge in [-0.3, -0.25) is 4.79 Å². The number of H-pyrrole nitrogens is 1. The van der Waals surface area contributed by atoms with E-state index >= 15 is 0 Å². The van der Waals surface area contributed by atoms with E-state index in [1.165, 1.54) is 18.9 Å². The first-order valence-corrected chi connectivity index (χ1v) is 6.22. The van der Waals surface area contributed by atoms with Crippen molar-refractivity contribution in [3.8, 4) is 0 Å². The van der Waals surface area contributed by atoms with Gasteiger partial charge in [-0.2, -0.15) is 0 Å². The highest BCUT2D eigenvalue weighted by Gasteiger charge is 2.13. The molecule has 0 amide bonds. The summed E-state index contributed by atoms with van der Waals surface area (Å²) in [7, 11) is 0. The minimum atomic E-state index is -0.0715. The molecule has 15 heavy (non-hydrogen) atoms. The molecule has 2 heterocycles. The summed E-state index contributed by atoms with van der Waals surface area (Å²) in [6, 6.07) is 1.44. The number of hydrogen-bond donors (Lipinski definition) is 2. The molecule has 0 bridgehead atoms. The van der Waals surface area contributed by atoms with Crippen LogP contribution >= 0.6 is 11.8 Å². The number of hydrogen-bond acceptors (Lipinski definition) is 4. The topological polar surface area (TPSA) is 57.8 Å². The summed E-state index contributed by atoms with van der Waals surface area (Å²) in [5.41, 5.74) is -0.0715. The molecule has 1 aromatic rings. The predicted molar refractivity (Wildman–Crippen MR) is 61.2 cm³/mol. The maximum Gasteiger partial charge on any atom is 0.251 e. The number of thioether (sulfide) groups is 1. The molecule has 0 spiro atoms. The van der Waals surface area contributed by atoms with Crippen LogP contribution in [0, 0.1) is 5.92 Å². The van der Waals surface area contributed by atoms with E-state index in [1.807, 2.05) is 0 Å². The van der Waals surface area contributed by atoms with Crippen LogP contribution in [0.4, 0.5) is 0 Å². The van der Waals surface area contributed by atoms with Crippen molar-refractivity contribution < 1.29 is 0 Å². The summed E-state index contributed by atoms with van der Waals surface area (Å²) < 4.78 is 0. The monoisotopic (exact) mass is 225 g/mol. The zero-order chi connectivity index (χ0) is 10.5. The van der Waals surface area contributed by atoms with Gasteiger partial charge in [0.1, 0.15) is 0 Å². The van der Waals surface area contributed by atoms with Crippen LogP contribution in [0.2, 0.25) is 0 Å². The Bertz CT molecular complexity index is 360. The minimum absolute atomic E-state index is 0.0715. The second kappa shape index (κ2) is 5.32. The first-order chi connectivity index (χ1) is 7.34. The Morgan fingerprint density at radius 1 is 1.47 bits per heavy atom. The quantitative estimate of drug-likeness (QED) is 0.592. The highest BCUT2D eigenvalue weighted by Crippen LogP contribution is 2.21. The van der Waals surface area contributed by atoms with E-state index in [9.17, 15) is 4.79 Å². The molecule has 0 aromatic carbocycles. The van der Waals surface area contributed by atoms with Crippen LogP contribution < -0.4 is 10.9 Å². The molecule has 2 N–H and O–H groups in total. The fourth-order valence-electron chi connectivity index (χ4n) is 1.67. The van der Waals surface area contributed by atoms with Crippen molar-refractivity contribution >= 4 is 11.8 Å². The van der Waals surface area contributed by atoms with Crippen LogP contribution in [0.25, 0.3) is 0 Å². The Kier molecular flexibility index (Phi) is 3.80. The van der Waals surface area contributed by atoms with E-state index in [-0.39, 0.29) is 5.56 Å². The van der Waals surface area contributed by atoms with Gasteiger partial charge >= 0.3 is 0 Å². The van der Waals surface area contributed by atoms with E-state index in [2.05, 4.69) is 15.3 Å². The van der Waals surface area contributed by atoms with Crippen LogP contribution in [0.3, 0.4) is 0 Å². The van der Waals surface area contributed by atoms with Gasteiger partial charge in [0.25, 0.3) is 5.56 Å². The van der Waals surface area contributed by atoms with Gasteiger partial charge in [0.2, 0.25) is 0 Å². The maximum absolute atomic E-state index is 11.0. The third-order valence-corrected chi connectivity index (χ3v) is 3.68. The fourth-order valence-corrected chi connectivity index (χ4v) is 2.71. The molecule has 2 rings (SSSR count). The van der Waals surface area contributed by atoms with Gasteiger partial charge in [-0.05, 0) is 31.8 Å². The molecule has 1 aliphatic heterocycles. The summed E-state index contributed by atoms with van der Waals surface area (Å²) >= 11 is 1.65. The lowest BCUT2D eigenvalue weighted by molar-refractivity contribution is 0.407. The average molecular weight is 225 g/mol. The Balaban J connectivity index is 1.84. The smallest absolute Gasteiger partial charge is 0.251 e. The number of aromatic amines is 1. The SMILES string of the molecule is O=c1ccnc(SCC2CCNCC2)[nH]1. The normalized spacial score (nSPS) is 17.9. The van der Waals surface area contributed by atoms with Crippen molar-refractivity contribution in [3.05, 3.63) is 22.6 Å². The van der Waals surface area contributed by atoms with Gasteiger partial charge in [0.05, 0.1) is 0 Å². The average Bonchev–Trinajstić information content (AvgIpc) is 2.28. The molecule has 1 fully saturated rings. The van der Waals surface area contributed by atoms with E-state index in [0.717, 1.165) is 29.9 Å². The van der Waals surface area contributed by atoms with Gasteiger partial charge in [-0.25, -0.2) is 4.98 Å². The highest BCUT2D eigenvalue weighted by atomic mass is 32.2. The Labute approximate surface area is 92.9 Å². The standard InChI is InChI=1S/C10H15N3OS/c14-9-3-6-12-10(13-9)15-7-8-1-4-11-5-2-8/h3,6,8,11H,1-2,4-5,7H2,(H,12,13,14). The fraction of sp³-hybridized carbons (Fsp3) is 0.600. The summed E-state index contributed by atoms with van der Waals surface area (Å²) in [4.78, 5) is 17.9. The summed E-state index contributed by atoms with van der Waals surface area (Å²) in [5, 5.41) is 4.08. The maximum atomic E-state index is 11.0. The molecule has 4 nitrogen and oxygen atoms in total. The van der Waals surface area contributed by atoms with Gasteiger partial charge in [0, 0.05) is 18.0 Å². The minimum Gasteiger partial charge on any atom is -0.317 e. The van der Waals surface area contributed by atoms with E-state index < -0.39 is 0 Å².